The normalized spacial score (nSPS) is 30.7. The van der Waals surface area contributed by atoms with Crippen molar-refractivity contribution >= 4 is 22.6 Å². The van der Waals surface area contributed by atoms with E-state index in [1.165, 1.54) is 0 Å². The average Bonchev–Trinajstić information content (AvgIpc) is 2.18. The topological polar surface area (TPSA) is 27.7 Å². The Bertz CT molecular complexity index is 184. The van der Waals surface area contributed by atoms with Crippen molar-refractivity contribution in [2.45, 2.75) is 25.0 Å². The quantitative estimate of drug-likeness (QED) is 0.345. The molecule has 1 aliphatic rings. The van der Waals surface area contributed by atoms with Crippen LogP contribution in [0, 0.1) is 0 Å². The van der Waals surface area contributed by atoms with Gasteiger partial charge in [0.15, 0.2) is 5.79 Å². The summed E-state index contributed by atoms with van der Waals surface area (Å²) < 4.78 is 17.1. The van der Waals surface area contributed by atoms with Gasteiger partial charge in [-0.25, -0.2) is 0 Å². The van der Waals surface area contributed by atoms with E-state index in [4.69, 9.17) is 14.2 Å². The number of alkyl halides is 1. The third kappa shape index (κ3) is 3.84. The molecule has 14 heavy (non-hydrogen) atoms. The summed E-state index contributed by atoms with van der Waals surface area (Å²) >= 11 is 2.29. The maximum absolute atomic E-state index is 5.76. The summed E-state index contributed by atoms with van der Waals surface area (Å²) in [7, 11) is 1.62. The number of ether oxygens (including phenoxy) is 3. The minimum atomic E-state index is -0.479. The molecule has 0 aliphatic carbocycles. The molecule has 0 saturated carbocycles. The predicted molar refractivity (Wildman–Crippen MR) is 63.5 cm³/mol. The van der Waals surface area contributed by atoms with Crippen LogP contribution in [0.4, 0.5) is 0 Å². The fourth-order valence-electron chi connectivity index (χ4n) is 1.30. The van der Waals surface area contributed by atoms with Gasteiger partial charge < -0.3 is 14.2 Å². The lowest BCUT2D eigenvalue weighted by molar-refractivity contribution is -0.252. The van der Waals surface area contributed by atoms with Gasteiger partial charge in [0.05, 0.1) is 11.0 Å². The van der Waals surface area contributed by atoms with Crippen molar-refractivity contribution in [3.8, 4) is 0 Å². The van der Waals surface area contributed by atoms with E-state index in [2.05, 4.69) is 34.7 Å². The van der Waals surface area contributed by atoms with Crippen molar-refractivity contribution < 1.29 is 14.2 Å². The molecule has 0 radical (unpaired) electrons. The maximum Gasteiger partial charge on any atom is 0.183 e. The van der Waals surface area contributed by atoms with Crippen LogP contribution in [0.2, 0.25) is 0 Å². The molecule has 0 aromatic carbocycles. The minimum absolute atomic E-state index is 0.289. The van der Waals surface area contributed by atoms with Gasteiger partial charge in [0.1, 0.15) is 6.79 Å². The van der Waals surface area contributed by atoms with E-state index < -0.39 is 5.79 Å². The van der Waals surface area contributed by atoms with Gasteiger partial charge in [-0.3, -0.25) is 0 Å². The fourth-order valence-corrected chi connectivity index (χ4v) is 2.05. The van der Waals surface area contributed by atoms with E-state index in [9.17, 15) is 0 Å². The van der Waals surface area contributed by atoms with Gasteiger partial charge in [-0.15, -0.1) is 0 Å². The second-order valence-corrected chi connectivity index (χ2v) is 4.02. The highest BCUT2D eigenvalue weighted by molar-refractivity contribution is 14.1. The van der Waals surface area contributed by atoms with Crippen LogP contribution in [-0.4, -0.2) is 30.7 Å². The first-order chi connectivity index (χ1) is 6.83. The molecule has 0 N–H and O–H groups in total. The Morgan fingerprint density at radius 2 is 2.36 bits per heavy atom. The average molecular weight is 312 g/mol. The van der Waals surface area contributed by atoms with E-state index in [0.717, 1.165) is 30.3 Å². The fraction of sp³-hybridized carbons (Fsp3) is 0.800. The Kier molecular flexibility index (Phi) is 6.00. The first kappa shape index (κ1) is 12.4. The van der Waals surface area contributed by atoms with Crippen LogP contribution in [0.5, 0.6) is 0 Å². The van der Waals surface area contributed by atoms with E-state index in [1.54, 1.807) is 7.11 Å². The summed E-state index contributed by atoms with van der Waals surface area (Å²) in [5.41, 5.74) is 0. The van der Waals surface area contributed by atoms with Crippen molar-refractivity contribution in [3.63, 3.8) is 0 Å². The third-order valence-electron chi connectivity index (χ3n) is 2.12. The molecule has 82 valence electrons. The lowest BCUT2D eigenvalue weighted by Crippen LogP contribution is -2.39. The molecule has 1 atom stereocenters. The largest absolute Gasteiger partial charge is 0.359 e. The van der Waals surface area contributed by atoms with E-state index in [-0.39, 0.29) is 6.79 Å². The van der Waals surface area contributed by atoms with Gasteiger partial charge in [-0.1, -0.05) is 34.7 Å². The van der Waals surface area contributed by atoms with Gasteiger partial charge in [0.2, 0.25) is 0 Å². The van der Waals surface area contributed by atoms with E-state index in [0.29, 0.717) is 0 Å². The summed E-state index contributed by atoms with van der Waals surface area (Å²) in [4.78, 5) is 0. The van der Waals surface area contributed by atoms with Crippen LogP contribution in [0.1, 0.15) is 19.3 Å². The Hall–Kier alpha value is 0.350. The number of hydrogen-bond acceptors (Lipinski definition) is 3. The van der Waals surface area contributed by atoms with Gasteiger partial charge >= 0.3 is 0 Å². The SMILES string of the molecule is COCOC1(CI)C/C=C\CCCO1. The summed E-state index contributed by atoms with van der Waals surface area (Å²) in [6.07, 6.45) is 7.29. The monoisotopic (exact) mass is 312 g/mol. The number of rotatable bonds is 4. The minimum Gasteiger partial charge on any atom is -0.359 e. The van der Waals surface area contributed by atoms with Crippen LogP contribution in [0.15, 0.2) is 12.2 Å². The zero-order valence-electron chi connectivity index (χ0n) is 8.50. The van der Waals surface area contributed by atoms with Crippen LogP contribution >= 0.6 is 22.6 Å². The number of hydrogen-bond donors (Lipinski definition) is 0. The second kappa shape index (κ2) is 6.76. The Morgan fingerprint density at radius 1 is 1.50 bits per heavy atom. The standard InChI is InChI=1S/C10H17IO3/c1-12-9-14-10(8-11)6-4-2-3-5-7-13-10/h2,4H,3,5-9H2,1H3/b4-2-. The van der Waals surface area contributed by atoms with E-state index in [1.807, 2.05) is 0 Å². The van der Waals surface area contributed by atoms with Gasteiger partial charge in [0.25, 0.3) is 0 Å². The zero-order valence-corrected chi connectivity index (χ0v) is 10.7. The van der Waals surface area contributed by atoms with Crippen molar-refractivity contribution in [1.29, 1.82) is 0 Å². The van der Waals surface area contributed by atoms with Gasteiger partial charge in [-0.05, 0) is 12.8 Å². The molecule has 1 heterocycles. The first-order valence-corrected chi connectivity index (χ1v) is 6.33. The Balaban J connectivity index is 2.53. The van der Waals surface area contributed by atoms with Crippen LogP contribution in [0.25, 0.3) is 0 Å². The highest BCUT2D eigenvalue weighted by Gasteiger charge is 2.30. The molecule has 0 fully saturated rings. The smallest absolute Gasteiger partial charge is 0.183 e. The van der Waals surface area contributed by atoms with Crippen LogP contribution < -0.4 is 0 Å². The lowest BCUT2D eigenvalue weighted by atomic mass is 10.1. The van der Waals surface area contributed by atoms with Crippen molar-refractivity contribution in [3.05, 3.63) is 12.2 Å². The van der Waals surface area contributed by atoms with Crippen LogP contribution in [-0.2, 0) is 14.2 Å². The molecule has 0 saturated heterocycles. The number of methoxy groups -OCH3 is 1. The van der Waals surface area contributed by atoms with Crippen molar-refractivity contribution in [1.82, 2.24) is 0 Å². The molecule has 1 unspecified atom stereocenters. The molecule has 3 nitrogen and oxygen atoms in total. The molecule has 0 amide bonds. The molecular weight excluding hydrogens is 295 g/mol. The van der Waals surface area contributed by atoms with Gasteiger partial charge in [0, 0.05) is 13.5 Å². The summed E-state index contributed by atoms with van der Waals surface area (Å²) in [6.45, 7) is 1.05. The second-order valence-electron chi connectivity index (χ2n) is 3.26. The Labute approximate surface area is 98.9 Å². The molecule has 1 aliphatic heterocycles. The van der Waals surface area contributed by atoms with Crippen LogP contribution in [0.3, 0.4) is 0 Å². The maximum atomic E-state index is 5.76. The zero-order chi connectivity index (χ0) is 10.3. The molecule has 0 aromatic rings. The molecule has 1 rings (SSSR count). The number of halogens is 1. The first-order valence-electron chi connectivity index (χ1n) is 4.81. The third-order valence-corrected chi connectivity index (χ3v) is 3.28. The molecule has 0 spiro atoms. The lowest BCUT2D eigenvalue weighted by Gasteiger charge is -2.31. The summed E-state index contributed by atoms with van der Waals surface area (Å²) in [5.74, 6) is -0.479. The van der Waals surface area contributed by atoms with E-state index >= 15 is 0 Å². The van der Waals surface area contributed by atoms with Crippen molar-refractivity contribution in [2.75, 3.05) is 24.9 Å². The summed E-state index contributed by atoms with van der Waals surface area (Å²) in [5, 5.41) is 0. The Morgan fingerprint density at radius 3 is 3.07 bits per heavy atom. The molecule has 4 heteroatoms. The van der Waals surface area contributed by atoms with Crippen molar-refractivity contribution in [2.24, 2.45) is 0 Å². The highest BCUT2D eigenvalue weighted by atomic mass is 127. The molecule has 0 bridgehead atoms. The molecule has 0 aromatic heterocycles. The predicted octanol–water partition coefficient (Wildman–Crippen LogP) is 2.49. The summed E-state index contributed by atoms with van der Waals surface area (Å²) in [6, 6.07) is 0. The number of allylic oxidation sites excluding steroid dienone is 1. The van der Waals surface area contributed by atoms with Gasteiger partial charge in [-0.2, -0.15) is 0 Å². The molecular formula is C10H17IO3. The highest BCUT2D eigenvalue weighted by Crippen LogP contribution is 2.24.